The molecule has 1 rings (SSSR count). The lowest BCUT2D eigenvalue weighted by Crippen LogP contribution is -2.36. The van der Waals surface area contributed by atoms with E-state index < -0.39 is 0 Å². The smallest absolute Gasteiger partial charge is 0.221 e. The van der Waals surface area contributed by atoms with Gasteiger partial charge in [-0.25, -0.2) is 0 Å². The zero-order valence-corrected chi connectivity index (χ0v) is 9.76. The normalized spacial score (nSPS) is 25.4. The molecule has 1 N–H and O–H groups in total. The SMILES string of the molecule is CCOC1CCCCCCCCC(=O)N1. The van der Waals surface area contributed by atoms with E-state index in [2.05, 4.69) is 5.32 Å². The molecule has 0 saturated carbocycles. The molecule has 0 aromatic heterocycles. The van der Waals surface area contributed by atoms with Crippen LogP contribution >= 0.6 is 0 Å². The van der Waals surface area contributed by atoms with E-state index >= 15 is 0 Å². The highest BCUT2D eigenvalue weighted by molar-refractivity contribution is 5.75. The summed E-state index contributed by atoms with van der Waals surface area (Å²) >= 11 is 0. The van der Waals surface area contributed by atoms with Crippen LogP contribution in [0.5, 0.6) is 0 Å². The number of ether oxygens (including phenoxy) is 1. The molecule has 0 aromatic rings. The van der Waals surface area contributed by atoms with Gasteiger partial charge in [0.1, 0.15) is 6.23 Å². The molecule has 1 aliphatic rings. The molecule has 1 atom stereocenters. The minimum absolute atomic E-state index is 0.0550. The minimum atomic E-state index is -0.0550. The number of carbonyl (C=O) groups is 1. The lowest BCUT2D eigenvalue weighted by molar-refractivity contribution is -0.125. The fourth-order valence-corrected chi connectivity index (χ4v) is 1.97. The first-order valence-electron chi connectivity index (χ1n) is 6.24. The lowest BCUT2D eigenvalue weighted by atomic mass is 10.1. The molecule has 0 radical (unpaired) electrons. The third-order valence-electron chi connectivity index (χ3n) is 2.81. The fraction of sp³-hybridized carbons (Fsp3) is 0.917. The van der Waals surface area contributed by atoms with Crippen LogP contribution < -0.4 is 5.32 Å². The molecule has 1 aliphatic heterocycles. The maximum Gasteiger partial charge on any atom is 0.221 e. The topological polar surface area (TPSA) is 38.3 Å². The van der Waals surface area contributed by atoms with E-state index in [0.29, 0.717) is 13.0 Å². The third kappa shape index (κ3) is 5.78. The van der Waals surface area contributed by atoms with Gasteiger partial charge >= 0.3 is 0 Å². The van der Waals surface area contributed by atoms with Gasteiger partial charge in [0.25, 0.3) is 0 Å². The van der Waals surface area contributed by atoms with Crippen molar-refractivity contribution in [1.29, 1.82) is 0 Å². The van der Waals surface area contributed by atoms with Gasteiger partial charge in [0.05, 0.1) is 0 Å². The van der Waals surface area contributed by atoms with Crippen LogP contribution in [0.1, 0.15) is 58.3 Å². The van der Waals surface area contributed by atoms with Gasteiger partial charge in [0, 0.05) is 13.0 Å². The maximum atomic E-state index is 11.5. The van der Waals surface area contributed by atoms with Crippen LogP contribution in [0, 0.1) is 0 Å². The van der Waals surface area contributed by atoms with Gasteiger partial charge in [0.2, 0.25) is 5.91 Å². The van der Waals surface area contributed by atoms with Crippen LogP contribution in [-0.2, 0) is 9.53 Å². The van der Waals surface area contributed by atoms with E-state index in [-0.39, 0.29) is 12.1 Å². The molecule has 1 fully saturated rings. The van der Waals surface area contributed by atoms with Gasteiger partial charge in [-0.2, -0.15) is 0 Å². The second kappa shape index (κ2) is 7.69. The van der Waals surface area contributed by atoms with Gasteiger partial charge < -0.3 is 10.1 Å². The summed E-state index contributed by atoms with van der Waals surface area (Å²) < 4.78 is 5.49. The monoisotopic (exact) mass is 213 g/mol. The van der Waals surface area contributed by atoms with Crippen molar-refractivity contribution in [2.24, 2.45) is 0 Å². The molecule has 0 aliphatic carbocycles. The predicted molar refractivity (Wildman–Crippen MR) is 60.5 cm³/mol. The largest absolute Gasteiger partial charge is 0.359 e. The van der Waals surface area contributed by atoms with E-state index in [4.69, 9.17) is 4.74 Å². The highest BCUT2D eigenvalue weighted by Gasteiger charge is 2.12. The summed E-state index contributed by atoms with van der Waals surface area (Å²) in [6.45, 7) is 2.64. The first-order chi connectivity index (χ1) is 7.33. The van der Waals surface area contributed by atoms with E-state index in [1.807, 2.05) is 6.92 Å². The van der Waals surface area contributed by atoms with Gasteiger partial charge in [-0.1, -0.05) is 25.7 Å². The Morgan fingerprint density at radius 1 is 1.20 bits per heavy atom. The van der Waals surface area contributed by atoms with Crippen molar-refractivity contribution >= 4 is 5.91 Å². The van der Waals surface area contributed by atoms with Crippen LogP contribution in [0.2, 0.25) is 0 Å². The molecular weight excluding hydrogens is 190 g/mol. The summed E-state index contributed by atoms with van der Waals surface area (Å²) in [6.07, 6.45) is 8.76. The van der Waals surface area contributed by atoms with E-state index in [1.165, 1.54) is 25.7 Å². The van der Waals surface area contributed by atoms with E-state index in [9.17, 15) is 4.79 Å². The Morgan fingerprint density at radius 2 is 1.87 bits per heavy atom. The number of carbonyl (C=O) groups excluding carboxylic acids is 1. The molecule has 1 amide bonds. The average molecular weight is 213 g/mol. The van der Waals surface area contributed by atoms with Crippen molar-refractivity contribution in [2.75, 3.05) is 6.61 Å². The maximum absolute atomic E-state index is 11.5. The molecule has 0 bridgehead atoms. The first kappa shape index (κ1) is 12.5. The number of hydrogen-bond donors (Lipinski definition) is 1. The van der Waals surface area contributed by atoms with Crippen molar-refractivity contribution < 1.29 is 9.53 Å². The number of rotatable bonds is 2. The van der Waals surface area contributed by atoms with Crippen LogP contribution in [0.3, 0.4) is 0 Å². The summed E-state index contributed by atoms with van der Waals surface area (Å²) in [5.74, 6) is 0.148. The Kier molecular flexibility index (Phi) is 6.41. The second-order valence-corrected chi connectivity index (χ2v) is 4.17. The summed E-state index contributed by atoms with van der Waals surface area (Å²) in [5.41, 5.74) is 0. The van der Waals surface area contributed by atoms with E-state index in [0.717, 1.165) is 19.3 Å². The summed E-state index contributed by atoms with van der Waals surface area (Å²) in [4.78, 5) is 11.5. The average Bonchev–Trinajstić information content (AvgIpc) is 2.25. The molecule has 88 valence electrons. The predicted octanol–water partition coefficient (Wildman–Crippen LogP) is 2.60. The summed E-state index contributed by atoms with van der Waals surface area (Å²) in [6, 6.07) is 0. The quantitative estimate of drug-likeness (QED) is 0.765. The van der Waals surface area contributed by atoms with Gasteiger partial charge in [-0.15, -0.1) is 0 Å². The zero-order valence-electron chi connectivity index (χ0n) is 9.76. The fourth-order valence-electron chi connectivity index (χ4n) is 1.97. The van der Waals surface area contributed by atoms with Crippen molar-refractivity contribution in [3.63, 3.8) is 0 Å². The molecule has 1 heterocycles. The summed E-state index contributed by atoms with van der Waals surface area (Å²) in [7, 11) is 0. The molecule has 1 saturated heterocycles. The van der Waals surface area contributed by atoms with Gasteiger partial charge in [0.15, 0.2) is 0 Å². The molecule has 3 heteroatoms. The zero-order chi connectivity index (χ0) is 10.9. The highest BCUT2D eigenvalue weighted by atomic mass is 16.5. The molecule has 0 spiro atoms. The van der Waals surface area contributed by atoms with Crippen molar-refractivity contribution in [1.82, 2.24) is 5.32 Å². The Morgan fingerprint density at radius 3 is 2.60 bits per heavy atom. The minimum Gasteiger partial charge on any atom is -0.359 e. The number of hydrogen-bond acceptors (Lipinski definition) is 2. The number of nitrogens with one attached hydrogen (secondary N) is 1. The van der Waals surface area contributed by atoms with Crippen LogP contribution in [0.4, 0.5) is 0 Å². The van der Waals surface area contributed by atoms with Crippen molar-refractivity contribution in [3.05, 3.63) is 0 Å². The van der Waals surface area contributed by atoms with Gasteiger partial charge in [-0.3, -0.25) is 4.79 Å². The Labute approximate surface area is 92.6 Å². The van der Waals surface area contributed by atoms with Crippen LogP contribution in [0.25, 0.3) is 0 Å². The first-order valence-corrected chi connectivity index (χ1v) is 6.24. The second-order valence-electron chi connectivity index (χ2n) is 4.17. The summed E-state index contributed by atoms with van der Waals surface area (Å²) in [5, 5.41) is 2.95. The van der Waals surface area contributed by atoms with Crippen molar-refractivity contribution in [3.8, 4) is 0 Å². The third-order valence-corrected chi connectivity index (χ3v) is 2.81. The molecule has 1 unspecified atom stereocenters. The Bertz CT molecular complexity index is 182. The van der Waals surface area contributed by atoms with Crippen LogP contribution in [0.15, 0.2) is 0 Å². The Balaban J connectivity index is 2.36. The molecular formula is C12H23NO2. The lowest BCUT2D eigenvalue weighted by Gasteiger charge is -2.18. The van der Waals surface area contributed by atoms with Crippen LogP contribution in [-0.4, -0.2) is 18.7 Å². The molecule has 0 aromatic carbocycles. The van der Waals surface area contributed by atoms with Gasteiger partial charge in [-0.05, 0) is 26.2 Å². The standard InChI is InChI=1S/C12H23NO2/c1-2-15-12-10-8-6-4-3-5-7-9-11(14)13-12/h12H,2-10H2,1H3,(H,13,14). The van der Waals surface area contributed by atoms with Crippen molar-refractivity contribution in [2.45, 2.75) is 64.5 Å². The molecule has 15 heavy (non-hydrogen) atoms. The number of amides is 1. The van der Waals surface area contributed by atoms with E-state index in [1.54, 1.807) is 0 Å². The Hall–Kier alpha value is -0.570. The molecule has 3 nitrogen and oxygen atoms in total. The highest BCUT2D eigenvalue weighted by Crippen LogP contribution is 2.12.